The fourth-order valence-corrected chi connectivity index (χ4v) is 2.80. The lowest BCUT2D eigenvalue weighted by molar-refractivity contribution is 0.105. The predicted octanol–water partition coefficient (Wildman–Crippen LogP) is 3.29. The zero-order chi connectivity index (χ0) is 18.5. The summed E-state index contributed by atoms with van der Waals surface area (Å²) in [5.41, 5.74) is 0.598. The lowest BCUT2D eigenvalue weighted by Crippen LogP contribution is -2.49. The van der Waals surface area contributed by atoms with Gasteiger partial charge in [-0.25, -0.2) is 14.2 Å². The molecule has 0 atom stereocenters. The topological polar surface area (TPSA) is 70.6 Å². The molecule has 0 aliphatic carbocycles. The van der Waals surface area contributed by atoms with Crippen LogP contribution in [0.1, 0.15) is 6.92 Å². The van der Waals surface area contributed by atoms with Crippen molar-refractivity contribution in [3.05, 3.63) is 41.3 Å². The van der Waals surface area contributed by atoms with Gasteiger partial charge in [-0.2, -0.15) is 4.98 Å². The summed E-state index contributed by atoms with van der Waals surface area (Å²) in [5, 5.41) is 3.04. The zero-order valence-electron chi connectivity index (χ0n) is 14.3. The van der Waals surface area contributed by atoms with Crippen LogP contribution in [0.4, 0.5) is 26.6 Å². The van der Waals surface area contributed by atoms with Gasteiger partial charge in [0.2, 0.25) is 5.95 Å². The Bertz CT molecular complexity index is 783. The number of rotatable bonds is 4. The van der Waals surface area contributed by atoms with E-state index in [-0.39, 0.29) is 11.1 Å². The molecule has 0 bridgehead atoms. The first-order chi connectivity index (χ1) is 12.6. The fourth-order valence-electron chi connectivity index (χ4n) is 2.62. The Kier molecular flexibility index (Phi) is 5.72. The molecule has 1 fully saturated rings. The van der Waals surface area contributed by atoms with Gasteiger partial charge in [0.05, 0.1) is 11.6 Å². The Balaban J connectivity index is 1.64. The van der Waals surface area contributed by atoms with Gasteiger partial charge >= 0.3 is 6.09 Å². The minimum absolute atomic E-state index is 0.0289. The minimum Gasteiger partial charge on any atom is -0.450 e. The maximum atomic E-state index is 13.2. The highest BCUT2D eigenvalue weighted by atomic mass is 35.5. The number of hydrogen-bond acceptors (Lipinski definition) is 6. The number of halogens is 2. The number of carbonyl (C=O) groups excluding carboxylic acids is 1. The van der Waals surface area contributed by atoms with E-state index in [2.05, 4.69) is 20.2 Å². The number of amides is 1. The normalized spacial score (nSPS) is 14.3. The molecule has 2 heterocycles. The second-order valence-corrected chi connectivity index (χ2v) is 6.07. The third kappa shape index (κ3) is 4.32. The molecule has 0 unspecified atom stereocenters. The Hall–Kier alpha value is -2.61. The minimum atomic E-state index is -0.480. The highest BCUT2D eigenvalue weighted by molar-refractivity contribution is 6.31. The number of ether oxygens (including phenoxy) is 1. The molecule has 26 heavy (non-hydrogen) atoms. The number of nitrogens with one attached hydrogen (secondary N) is 1. The summed E-state index contributed by atoms with van der Waals surface area (Å²) >= 11 is 5.79. The average Bonchev–Trinajstić information content (AvgIpc) is 2.65. The molecule has 1 aliphatic heterocycles. The Morgan fingerprint density at radius 1 is 1.31 bits per heavy atom. The van der Waals surface area contributed by atoms with Gasteiger partial charge in [-0.15, -0.1) is 0 Å². The third-order valence-electron chi connectivity index (χ3n) is 3.95. The van der Waals surface area contributed by atoms with Gasteiger partial charge in [0.25, 0.3) is 0 Å². The number of anilines is 3. The van der Waals surface area contributed by atoms with Crippen LogP contribution in [0.2, 0.25) is 5.02 Å². The molecular weight excluding hydrogens is 361 g/mol. The molecule has 9 heteroatoms. The van der Waals surface area contributed by atoms with E-state index in [1.165, 1.54) is 12.1 Å². The van der Waals surface area contributed by atoms with E-state index in [1.807, 2.05) is 6.07 Å². The van der Waals surface area contributed by atoms with Gasteiger partial charge < -0.3 is 19.9 Å². The number of benzene rings is 1. The van der Waals surface area contributed by atoms with Gasteiger partial charge in [-0.1, -0.05) is 11.6 Å². The van der Waals surface area contributed by atoms with Crippen molar-refractivity contribution >= 4 is 35.1 Å². The number of hydrogen-bond donors (Lipinski definition) is 1. The van der Waals surface area contributed by atoms with Crippen LogP contribution in [0.5, 0.6) is 0 Å². The largest absolute Gasteiger partial charge is 0.450 e. The SMILES string of the molecule is CCOC(=O)N1CCN(c2ccnc(Nc3ccc(F)c(Cl)c3)n2)CC1. The maximum absolute atomic E-state index is 13.2. The highest BCUT2D eigenvalue weighted by Crippen LogP contribution is 2.22. The molecule has 7 nitrogen and oxygen atoms in total. The van der Waals surface area contributed by atoms with Crippen LogP contribution in [-0.4, -0.2) is 53.7 Å². The lowest BCUT2D eigenvalue weighted by atomic mass is 10.3. The van der Waals surface area contributed by atoms with E-state index in [1.54, 1.807) is 24.1 Å². The summed E-state index contributed by atoms with van der Waals surface area (Å²) in [4.78, 5) is 24.2. The number of carbonyl (C=O) groups is 1. The first kappa shape index (κ1) is 18.2. The monoisotopic (exact) mass is 379 g/mol. The van der Waals surface area contributed by atoms with E-state index >= 15 is 0 Å². The first-order valence-electron chi connectivity index (χ1n) is 8.28. The molecule has 0 spiro atoms. The van der Waals surface area contributed by atoms with Crippen LogP contribution >= 0.6 is 11.6 Å². The van der Waals surface area contributed by atoms with Gasteiger partial charge in [-0.3, -0.25) is 0 Å². The summed E-state index contributed by atoms with van der Waals surface area (Å²) in [6, 6.07) is 6.13. The number of nitrogens with zero attached hydrogens (tertiary/aromatic N) is 4. The standard InChI is InChI=1S/C17H19ClFN5O2/c1-2-26-17(25)24-9-7-23(8-10-24)15-5-6-20-16(22-15)21-12-3-4-14(19)13(18)11-12/h3-6,11H,2,7-10H2,1H3,(H,20,21,22). The van der Waals surface area contributed by atoms with Crippen LogP contribution in [-0.2, 0) is 4.74 Å². The van der Waals surface area contributed by atoms with Crippen LogP contribution < -0.4 is 10.2 Å². The van der Waals surface area contributed by atoms with Crippen molar-refractivity contribution in [2.75, 3.05) is 43.0 Å². The second-order valence-electron chi connectivity index (χ2n) is 5.67. The van der Waals surface area contributed by atoms with Crippen molar-refractivity contribution in [1.82, 2.24) is 14.9 Å². The molecule has 1 saturated heterocycles. The van der Waals surface area contributed by atoms with Crippen molar-refractivity contribution in [1.29, 1.82) is 0 Å². The Labute approximate surface area is 155 Å². The van der Waals surface area contributed by atoms with Crippen molar-refractivity contribution in [2.24, 2.45) is 0 Å². The number of aromatic nitrogens is 2. The van der Waals surface area contributed by atoms with Crippen LogP contribution in [0.3, 0.4) is 0 Å². The highest BCUT2D eigenvalue weighted by Gasteiger charge is 2.22. The number of piperazine rings is 1. The smallest absolute Gasteiger partial charge is 0.409 e. The van der Waals surface area contributed by atoms with E-state index in [0.29, 0.717) is 44.4 Å². The molecule has 0 radical (unpaired) electrons. The van der Waals surface area contributed by atoms with E-state index < -0.39 is 5.82 Å². The fraction of sp³-hybridized carbons (Fsp3) is 0.353. The molecule has 1 aromatic carbocycles. The molecule has 1 aromatic heterocycles. The molecule has 138 valence electrons. The van der Waals surface area contributed by atoms with E-state index in [4.69, 9.17) is 16.3 Å². The summed E-state index contributed by atoms with van der Waals surface area (Å²) in [6.45, 7) is 4.60. The van der Waals surface area contributed by atoms with Crippen molar-refractivity contribution in [3.63, 3.8) is 0 Å². The summed E-state index contributed by atoms with van der Waals surface area (Å²) < 4.78 is 18.3. The van der Waals surface area contributed by atoms with Gasteiger partial charge in [0.15, 0.2) is 0 Å². The van der Waals surface area contributed by atoms with Crippen molar-refractivity contribution < 1.29 is 13.9 Å². The predicted molar refractivity (Wildman–Crippen MR) is 97.5 cm³/mol. The Morgan fingerprint density at radius 3 is 2.77 bits per heavy atom. The van der Waals surface area contributed by atoms with Crippen molar-refractivity contribution in [2.45, 2.75) is 6.92 Å². The zero-order valence-corrected chi connectivity index (χ0v) is 15.0. The summed E-state index contributed by atoms with van der Waals surface area (Å²) in [5.74, 6) is 0.656. The second kappa shape index (κ2) is 8.18. The van der Waals surface area contributed by atoms with Gasteiger partial charge in [-0.05, 0) is 31.2 Å². The molecular formula is C17H19ClFN5O2. The Morgan fingerprint density at radius 2 is 2.08 bits per heavy atom. The molecule has 0 saturated carbocycles. The van der Waals surface area contributed by atoms with Crippen LogP contribution in [0.25, 0.3) is 0 Å². The summed E-state index contributed by atoms with van der Waals surface area (Å²) in [6.07, 6.45) is 1.36. The first-order valence-corrected chi connectivity index (χ1v) is 8.66. The average molecular weight is 380 g/mol. The maximum Gasteiger partial charge on any atom is 0.409 e. The quantitative estimate of drug-likeness (QED) is 0.879. The van der Waals surface area contributed by atoms with Gasteiger partial charge in [0.1, 0.15) is 11.6 Å². The summed E-state index contributed by atoms with van der Waals surface area (Å²) in [7, 11) is 0. The molecule has 3 rings (SSSR count). The van der Waals surface area contributed by atoms with E-state index in [0.717, 1.165) is 5.82 Å². The van der Waals surface area contributed by atoms with Crippen molar-refractivity contribution in [3.8, 4) is 0 Å². The van der Waals surface area contributed by atoms with Crippen LogP contribution in [0.15, 0.2) is 30.5 Å². The molecule has 1 amide bonds. The lowest BCUT2D eigenvalue weighted by Gasteiger charge is -2.34. The molecule has 1 N–H and O–H groups in total. The third-order valence-corrected chi connectivity index (χ3v) is 4.24. The van der Waals surface area contributed by atoms with E-state index in [9.17, 15) is 9.18 Å². The molecule has 2 aromatic rings. The molecule has 1 aliphatic rings. The van der Waals surface area contributed by atoms with Crippen LogP contribution in [0, 0.1) is 5.82 Å². The van der Waals surface area contributed by atoms with Gasteiger partial charge in [0, 0.05) is 38.1 Å².